The molecule has 0 aliphatic carbocycles. The van der Waals surface area contributed by atoms with Crippen molar-refractivity contribution < 1.29 is 18.7 Å². The summed E-state index contributed by atoms with van der Waals surface area (Å²) in [6.07, 6.45) is 0.641. The van der Waals surface area contributed by atoms with E-state index in [4.69, 9.17) is 10.5 Å². The van der Waals surface area contributed by atoms with Crippen molar-refractivity contribution in [3.8, 4) is 5.75 Å². The first-order chi connectivity index (χ1) is 11.5. The van der Waals surface area contributed by atoms with Crippen LogP contribution in [0.3, 0.4) is 0 Å². The number of ether oxygens (including phenoxy) is 1. The zero-order valence-electron chi connectivity index (χ0n) is 13.0. The van der Waals surface area contributed by atoms with E-state index in [-0.39, 0.29) is 18.3 Å². The highest BCUT2D eigenvalue weighted by Gasteiger charge is 2.25. The second kappa shape index (κ2) is 6.70. The van der Waals surface area contributed by atoms with Gasteiger partial charge in [0, 0.05) is 12.1 Å². The first-order valence-electron chi connectivity index (χ1n) is 7.60. The molecule has 0 spiro atoms. The molecule has 2 aromatic carbocycles. The second-order valence-corrected chi connectivity index (χ2v) is 5.68. The molecule has 0 fully saturated rings. The maximum Gasteiger partial charge on any atom is 0.254 e. The first-order valence-corrected chi connectivity index (χ1v) is 7.60. The average molecular weight is 328 g/mol. The van der Waals surface area contributed by atoms with Crippen molar-refractivity contribution in [3.63, 3.8) is 0 Å². The highest BCUT2D eigenvalue weighted by atomic mass is 19.1. The van der Waals surface area contributed by atoms with Crippen LogP contribution in [0, 0.1) is 5.82 Å². The lowest BCUT2D eigenvalue weighted by molar-refractivity contribution is -0.118. The zero-order chi connectivity index (χ0) is 17.1. The third-order valence-electron chi connectivity index (χ3n) is 3.91. The molecule has 0 saturated heterocycles. The lowest BCUT2D eigenvalue weighted by Crippen LogP contribution is -2.42. The fourth-order valence-electron chi connectivity index (χ4n) is 2.69. The summed E-state index contributed by atoms with van der Waals surface area (Å²) in [5, 5.41) is 0. The normalized spacial score (nSPS) is 13.5. The summed E-state index contributed by atoms with van der Waals surface area (Å²) >= 11 is 0. The van der Waals surface area contributed by atoms with Gasteiger partial charge in [0.25, 0.3) is 5.91 Å². The molecule has 5 nitrogen and oxygen atoms in total. The molecule has 24 heavy (non-hydrogen) atoms. The summed E-state index contributed by atoms with van der Waals surface area (Å²) in [5.74, 6) is -0.355. The summed E-state index contributed by atoms with van der Waals surface area (Å²) < 4.78 is 18.6. The highest BCUT2D eigenvalue weighted by molar-refractivity contribution is 5.98. The molecule has 0 atom stereocenters. The molecule has 0 radical (unpaired) electrons. The van der Waals surface area contributed by atoms with E-state index >= 15 is 0 Å². The van der Waals surface area contributed by atoms with E-state index < -0.39 is 5.91 Å². The van der Waals surface area contributed by atoms with Gasteiger partial charge in [0.1, 0.15) is 18.2 Å². The molecule has 1 heterocycles. The number of fused-ring (bicyclic) bond motifs is 1. The van der Waals surface area contributed by atoms with Gasteiger partial charge in [-0.1, -0.05) is 12.1 Å². The molecule has 6 heteroatoms. The topological polar surface area (TPSA) is 72.6 Å². The first kappa shape index (κ1) is 16.0. The average Bonchev–Trinajstić information content (AvgIpc) is 2.56. The second-order valence-electron chi connectivity index (χ2n) is 5.68. The number of nitrogens with two attached hydrogens (primary N) is 1. The molecule has 0 unspecified atom stereocenters. The zero-order valence-corrected chi connectivity index (χ0v) is 13.0. The van der Waals surface area contributed by atoms with Crippen LogP contribution in [-0.4, -0.2) is 29.8 Å². The van der Waals surface area contributed by atoms with E-state index in [0.29, 0.717) is 30.9 Å². The Morgan fingerprint density at radius 3 is 2.67 bits per heavy atom. The van der Waals surface area contributed by atoms with Crippen LogP contribution < -0.4 is 10.5 Å². The van der Waals surface area contributed by atoms with Crippen molar-refractivity contribution in [2.24, 2.45) is 5.73 Å². The number of hydrogen-bond donors (Lipinski definition) is 1. The largest absolute Gasteiger partial charge is 0.489 e. The Kier molecular flexibility index (Phi) is 4.46. The van der Waals surface area contributed by atoms with E-state index in [1.165, 1.54) is 17.0 Å². The van der Waals surface area contributed by atoms with Crippen molar-refractivity contribution in [1.29, 1.82) is 0 Å². The van der Waals surface area contributed by atoms with E-state index in [9.17, 15) is 14.0 Å². The van der Waals surface area contributed by atoms with E-state index in [0.717, 1.165) is 11.1 Å². The molecule has 2 N–H and O–H groups in total. The standard InChI is InChI=1S/C18H17FN2O3/c19-14-3-1-12(2-4-14)11-24-15-5-6-16-13(9-15)7-8-21(18(16)23)10-17(20)22/h1-6,9H,7-8,10-11H2,(H2,20,22). The number of hydrogen-bond acceptors (Lipinski definition) is 3. The van der Waals surface area contributed by atoms with E-state index in [2.05, 4.69) is 0 Å². The molecule has 0 saturated carbocycles. The number of rotatable bonds is 5. The number of carbonyl (C=O) groups excluding carboxylic acids is 2. The van der Waals surface area contributed by atoms with Gasteiger partial charge in [-0.05, 0) is 47.9 Å². The third-order valence-corrected chi connectivity index (χ3v) is 3.91. The van der Waals surface area contributed by atoms with Gasteiger partial charge in [-0.25, -0.2) is 4.39 Å². The SMILES string of the molecule is NC(=O)CN1CCc2cc(OCc3ccc(F)cc3)ccc2C1=O. The Bertz CT molecular complexity index is 774. The predicted molar refractivity (Wildman–Crippen MR) is 86.0 cm³/mol. The Morgan fingerprint density at radius 1 is 1.21 bits per heavy atom. The molecule has 124 valence electrons. The maximum atomic E-state index is 12.9. The Labute approximate surface area is 138 Å². The van der Waals surface area contributed by atoms with Crippen LogP contribution in [0.5, 0.6) is 5.75 Å². The Balaban J connectivity index is 1.69. The van der Waals surface area contributed by atoms with Crippen molar-refractivity contribution in [1.82, 2.24) is 4.90 Å². The summed E-state index contributed by atoms with van der Waals surface area (Å²) in [5.41, 5.74) is 7.47. The molecular formula is C18H17FN2O3. The van der Waals surface area contributed by atoms with E-state index in [1.807, 2.05) is 6.07 Å². The van der Waals surface area contributed by atoms with Crippen LogP contribution >= 0.6 is 0 Å². The number of amides is 2. The molecule has 3 rings (SSSR count). The van der Waals surface area contributed by atoms with Crippen LogP contribution in [0.25, 0.3) is 0 Å². The van der Waals surface area contributed by atoms with Crippen molar-refractivity contribution in [2.45, 2.75) is 13.0 Å². The Hall–Kier alpha value is -2.89. The van der Waals surface area contributed by atoms with Crippen molar-refractivity contribution >= 4 is 11.8 Å². The lowest BCUT2D eigenvalue weighted by atomic mass is 9.98. The van der Waals surface area contributed by atoms with Gasteiger partial charge in [0.15, 0.2) is 0 Å². The monoisotopic (exact) mass is 328 g/mol. The molecule has 1 aliphatic rings. The fraction of sp³-hybridized carbons (Fsp3) is 0.222. The van der Waals surface area contributed by atoms with E-state index in [1.54, 1.807) is 24.3 Å². The predicted octanol–water partition coefficient (Wildman–Crippen LogP) is 1.89. The minimum Gasteiger partial charge on any atom is -0.489 e. The quantitative estimate of drug-likeness (QED) is 0.911. The molecule has 0 bridgehead atoms. The van der Waals surface area contributed by atoms with Crippen molar-refractivity contribution in [3.05, 3.63) is 65.0 Å². The fourth-order valence-corrected chi connectivity index (χ4v) is 2.69. The highest BCUT2D eigenvalue weighted by Crippen LogP contribution is 2.24. The van der Waals surface area contributed by atoms with Gasteiger partial charge in [-0.2, -0.15) is 0 Å². The van der Waals surface area contributed by atoms with Crippen molar-refractivity contribution in [2.75, 3.05) is 13.1 Å². The van der Waals surface area contributed by atoms with Gasteiger partial charge in [0.05, 0.1) is 6.54 Å². The number of halogens is 1. The van der Waals surface area contributed by atoms with Crippen LogP contribution in [-0.2, 0) is 17.8 Å². The van der Waals surface area contributed by atoms with Gasteiger partial charge in [-0.3, -0.25) is 9.59 Å². The molecular weight excluding hydrogens is 311 g/mol. The summed E-state index contributed by atoms with van der Waals surface area (Å²) in [4.78, 5) is 24.8. The van der Waals surface area contributed by atoms with Gasteiger partial charge in [-0.15, -0.1) is 0 Å². The van der Waals surface area contributed by atoms with Crippen LogP contribution in [0.4, 0.5) is 4.39 Å². The maximum absolute atomic E-state index is 12.9. The van der Waals surface area contributed by atoms with Crippen LogP contribution in [0.1, 0.15) is 21.5 Å². The molecule has 1 aliphatic heterocycles. The minimum absolute atomic E-state index is 0.0684. The van der Waals surface area contributed by atoms with Gasteiger partial charge >= 0.3 is 0 Å². The minimum atomic E-state index is -0.522. The number of benzene rings is 2. The Morgan fingerprint density at radius 2 is 1.96 bits per heavy atom. The van der Waals surface area contributed by atoms with Gasteiger partial charge < -0.3 is 15.4 Å². The number of primary amides is 1. The van der Waals surface area contributed by atoms with Crippen LogP contribution in [0.15, 0.2) is 42.5 Å². The van der Waals surface area contributed by atoms with Crippen LogP contribution in [0.2, 0.25) is 0 Å². The molecule has 2 aromatic rings. The van der Waals surface area contributed by atoms with Gasteiger partial charge in [0.2, 0.25) is 5.91 Å². The molecule has 2 amide bonds. The third kappa shape index (κ3) is 3.53. The molecule has 0 aromatic heterocycles. The summed E-state index contributed by atoms with van der Waals surface area (Å²) in [6.45, 7) is 0.706. The lowest BCUT2D eigenvalue weighted by Gasteiger charge is -2.27. The summed E-state index contributed by atoms with van der Waals surface area (Å²) in [6, 6.07) is 11.4. The smallest absolute Gasteiger partial charge is 0.254 e. The number of carbonyl (C=O) groups is 2. The number of nitrogens with zero attached hydrogens (tertiary/aromatic N) is 1. The summed E-state index contributed by atoms with van der Waals surface area (Å²) in [7, 11) is 0.